The van der Waals surface area contributed by atoms with E-state index >= 15 is 0 Å². The number of aliphatic carboxylic acids is 1. The van der Waals surface area contributed by atoms with Crippen molar-refractivity contribution in [1.29, 1.82) is 5.26 Å². The maximum absolute atomic E-state index is 11.8. The number of anilines is 1. The molecule has 1 rings (SSSR count). The summed E-state index contributed by atoms with van der Waals surface area (Å²) >= 11 is 0. The van der Waals surface area contributed by atoms with Gasteiger partial charge in [-0.1, -0.05) is 6.07 Å². The zero-order valence-corrected chi connectivity index (χ0v) is 10.1. The van der Waals surface area contributed by atoms with Gasteiger partial charge in [0.1, 0.15) is 0 Å². The third-order valence-corrected chi connectivity index (χ3v) is 2.52. The van der Waals surface area contributed by atoms with Crippen LogP contribution in [0.3, 0.4) is 0 Å². The van der Waals surface area contributed by atoms with Crippen molar-refractivity contribution >= 4 is 17.6 Å². The van der Waals surface area contributed by atoms with Crippen LogP contribution in [0.2, 0.25) is 0 Å². The molecule has 0 saturated heterocycles. The number of carbonyl (C=O) groups is 2. The Balaban J connectivity index is 2.63. The number of hydrogen-bond acceptors (Lipinski definition) is 3. The summed E-state index contributed by atoms with van der Waals surface area (Å²) in [5, 5.41) is 17.3. The molecular weight excluding hydrogens is 232 g/mol. The fourth-order valence-electron chi connectivity index (χ4n) is 1.49. The SMILES string of the molecule is CN(C(=O)CCCC(=O)O)c1cccc(C#N)c1. The van der Waals surface area contributed by atoms with Crippen LogP contribution in [0.15, 0.2) is 24.3 Å². The zero-order chi connectivity index (χ0) is 13.5. The predicted molar refractivity (Wildman–Crippen MR) is 66.1 cm³/mol. The lowest BCUT2D eigenvalue weighted by atomic mass is 10.2. The van der Waals surface area contributed by atoms with Crippen LogP contribution in [0, 0.1) is 11.3 Å². The zero-order valence-electron chi connectivity index (χ0n) is 10.1. The molecule has 1 N–H and O–H groups in total. The molecule has 0 heterocycles. The molecule has 0 aliphatic carbocycles. The third kappa shape index (κ3) is 3.91. The quantitative estimate of drug-likeness (QED) is 0.858. The summed E-state index contributed by atoms with van der Waals surface area (Å²) in [5.41, 5.74) is 1.12. The number of carbonyl (C=O) groups excluding carboxylic acids is 1. The van der Waals surface area contributed by atoms with Gasteiger partial charge in [0.05, 0.1) is 11.6 Å². The minimum atomic E-state index is -0.906. The lowest BCUT2D eigenvalue weighted by molar-refractivity contribution is -0.137. The van der Waals surface area contributed by atoms with Gasteiger partial charge in [-0.3, -0.25) is 9.59 Å². The minimum Gasteiger partial charge on any atom is -0.481 e. The van der Waals surface area contributed by atoms with E-state index in [4.69, 9.17) is 10.4 Å². The molecular formula is C13H14N2O3. The first kappa shape index (κ1) is 13.7. The molecule has 1 amide bonds. The van der Waals surface area contributed by atoms with Crippen molar-refractivity contribution in [2.24, 2.45) is 0 Å². The van der Waals surface area contributed by atoms with Crippen LogP contribution in [0.4, 0.5) is 5.69 Å². The van der Waals surface area contributed by atoms with Crippen molar-refractivity contribution in [2.75, 3.05) is 11.9 Å². The normalized spacial score (nSPS) is 9.56. The summed E-state index contributed by atoms with van der Waals surface area (Å²) in [4.78, 5) is 23.6. The Kier molecular flexibility index (Phi) is 4.88. The molecule has 0 aromatic heterocycles. The van der Waals surface area contributed by atoms with E-state index in [1.165, 1.54) is 4.90 Å². The van der Waals surface area contributed by atoms with Gasteiger partial charge >= 0.3 is 5.97 Å². The molecule has 0 saturated carbocycles. The van der Waals surface area contributed by atoms with Gasteiger partial charge in [0.2, 0.25) is 5.91 Å². The molecule has 0 bridgehead atoms. The molecule has 1 aromatic rings. The summed E-state index contributed by atoms with van der Waals surface area (Å²) in [6.07, 6.45) is 0.480. The van der Waals surface area contributed by atoms with Crippen LogP contribution in [0.5, 0.6) is 0 Å². The summed E-state index contributed by atoms with van der Waals surface area (Å²) in [6, 6.07) is 8.72. The van der Waals surface area contributed by atoms with Crippen molar-refractivity contribution in [3.05, 3.63) is 29.8 Å². The molecule has 0 fully saturated rings. The molecule has 0 aliphatic heterocycles. The monoisotopic (exact) mass is 246 g/mol. The summed E-state index contributed by atoms with van der Waals surface area (Å²) in [6.45, 7) is 0. The Morgan fingerprint density at radius 2 is 2.11 bits per heavy atom. The molecule has 18 heavy (non-hydrogen) atoms. The second kappa shape index (κ2) is 6.40. The maximum atomic E-state index is 11.8. The second-order valence-electron chi connectivity index (χ2n) is 3.86. The van der Waals surface area contributed by atoms with Crippen molar-refractivity contribution in [3.8, 4) is 6.07 Å². The van der Waals surface area contributed by atoms with E-state index in [-0.39, 0.29) is 18.7 Å². The first-order valence-corrected chi connectivity index (χ1v) is 5.53. The van der Waals surface area contributed by atoms with Gasteiger partial charge in [-0.25, -0.2) is 0 Å². The molecule has 0 atom stereocenters. The van der Waals surface area contributed by atoms with E-state index < -0.39 is 5.97 Å². The van der Waals surface area contributed by atoms with Gasteiger partial charge in [0.25, 0.3) is 0 Å². The highest BCUT2D eigenvalue weighted by Crippen LogP contribution is 2.15. The van der Waals surface area contributed by atoms with Gasteiger partial charge in [-0.05, 0) is 24.6 Å². The molecule has 0 unspecified atom stereocenters. The number of carboxylic acids is 1. The Bertz CT molecular complexity index is 491. The molecule has 0 spiro atoms. The van der Waals surface area contributed by atoms with E-state index in [1.54, 1.807) is 31.3 Å². The van der Waals surface area contributed by atoms with Crippen LogP contribution < -0.4 is 4.90 Å². The second-order valence-corrected chi connectivity index (χ2v) is 3.86. The van der Waals surface area contributed by atoms with Crippen LogP contribution in [0.1, 0.15) is 24.8 Å². The first-order chi connectivity index (χ1) is 8.54. The number of benzene rings is 1. The maximum Gasteiger partial charge on any atom is 0.303 e. The molecule has 5 nitrogen and oxygen atoms in total. The van der Waals surface area contributed by atoms with Crippen LogP contribution >= 0.6 is 0 Å². The number of amides is 1. The lowest BCUT2D eigenvalue weighted by Crippen LogP contribution is -2.26. The summed E-state index contributed by atoms with van der Waals surface area (Å²) in [7, 11) is 1.61. The first-order valence-electron chi connectivity index (χ1n) is 5.53. The number of hydrogen-bond donors (Lipinski definition) is 1. The standard InChI is InChI=1S/C13H14N2O3/c1-15(12(16)6-3-7-13(17)18)11-5-2-4-10(8-11)9-14/h2,4-5,8H,3,6-7H2,1H3,(H,17,18). The predicted octanol–water partition coefficient (Wildman–Crippen LogP) is 1.78. The summed E-state index contributed by atoms with van der Waals surface area (Å²) < 4.78 is 0. The average molecular weight is 246 g/mol. The highest BCUT2D eigenvalue weighted by Gasteiger charge is 2.11. The van der Waals surface area contributed by atoms with E-state index in [9.17, 15) is 9.59 Å². The average Bonchev–Trinajstić information content (AvgIpc) is 2.37. The highest BCUT2D eigenvalue weighted by atomic mass is 16.4. The Hall–Kier alpha value is -2.35. The molecule has 5 heteroatoms. The van der Waals surface area contributed by atoms with Gasteiger partial charge in [-0.2, -0.15) is 5.26 Å². The van der Waals surface area contributed by atoms with Gasteiger partial charge in [0.15, 0.2) is 0 Å². The van der Waals surface area contributed by atoms with Gasteiger partial charge < -0.3 is 10.0 Å². The number of carboxylic acid groups (broad SMARTS) is 1. The minimum absolute atomic E-state index is 0.0161. The van der Waals surface area contributed by atoms with E-state index in [2.05, 4.69) is 0 Å². The third-order valence-electron chi connectivity index (χ3n) is 2.52. The van der Waals surface area contributed by atoms with Gasteiger partial charge in [-0.15, -0.1) is 0 Å². The Morgan fingerprint density at radius 1 is 1.39 bits per heavy atom. The molecule has 0 radical (unpaired) electrons. The smallest absolute Gasteiger partial charge is 0.303 e. The number of rotatable bonds is 5. The highest BCUT2D eigenvalue weighted by molar-refractivity contribution is 5.93. The fourth-order valence-corrected chi connectivity index (χ4v) is 1.49. The van der Waals surface area contributed by atoms with Crippen molar-refractivity contribution in [3.63, 3.8) is 0 Å². The molecule has 1 aromatic carbocycles. The van der Waals surface area contributed by atoms with Crippen LogP contribution in [0.25, 0.3) is 0 Å². The summed E-state index contributed by atoms with van der Waals surface area (Å²) in [5.74, 6) is -1.07. The van der Waals surface area contributed by atoms with Crippen LogP contribution in [-0.4, -0.2) is 24.0 Å². The van der Waals surface area contributed by atoms with Gasteiger partial charge in [0, 0.05) is 25.6 Å². The largest absolute Gasteiger partial charge is 0.481 e. The Morgan fingerprint density at radius 3 is 2.72 bits per heavy atom. The van der Waals surface area contributed by atoms with Crippen LogP contribution in [-0.2, 0) is 9.59 Å². The van der Waals surface area contributed by atoms with Crippen molar-refractivity contribution < 1.29 is 14.7 Å². The van der Waals surface area contributed by atoms with Crippen molar-refractivity contribution in [1.82, 2.24) is 0 Å². The fraction of sp³-hybridized carbons (Fsp3) is 0.308. The van der Waals surface area contributed by atoms with E-state index in [1.807, 2.05) is 6.07 Å². The topological polar surface area (TPSA) is 81.4 Å². The van der Waals surface area contributed by atoms with E-state index in [0.29, 0.717) is 17.7 Å². The number of nitrogens with zero attached hydrogens (tertiary/aromatic N) is 2. The lowest BCUT2D eigenvalue weighted by Gasteiger charge is -2.17. The van der Waals surface area contributed by atoms with E-state index in [0.717, 1.165) is 0 Å². The Labute approximate surface area is 105 Å². The molecule has 0 aliphatic rings. The number of nitriles is 1. The van der Waals surface area contributed by atoms with Crippen molar-refractivity contribution in [2.45, 2.75) is 19.3 Å². The molecule has 94 valence electrons.